The Bertz CT molecular complexity index is 27.2. The van der Waals surface area contributed by atoms with Gasteiger partial charge in [0.05, 0.1) is 6.61 Å². The molecule has 6 heavy (non-hydrogen) atoms. The van der Waals surface area contributed by atoms with Crippen molar-refractivity contribution in [1.82, 2.24) is 0 Å². The summed E-state index contributed by atoms with van der Waals surface area (Å²) in [6.07, 6.45) is 0. The summed E-state index contributed by atoms with van der Waals surface area (Å²) in [5.41, 5.74) is 0. The first kappa shape index (κ1) is 6.45. The highest BCUT2D eigenvalue weighted by molar-refractivity contribution is 5.97. The van der Waals surface area contributed by atoms with E-state index in [0.29, 0.717) is 0 Å². The zero-order chi connectivity index (χ0) is 4.83. The first-order valence-electron chi connectivity index (χ1n) is 1.89. The van der Waals surface area contributed by atoms with Crippen LogP contribution in [0.5, 0.6) is 0 Å². The van der Waals surface area contributed by atoms with E-state index in [1.165, 1.54) is 0 Å². The van der Waals surface area contributed by atoms with Crippen molar-refractivity contribution < 1.29 is 11.4 Å². The zero-order valence-electron chi connectivity index (χ0n) is 4.23. The van der Waals surface area contributed by atoms with Gasteiger partial charge in [0, 0.05) is 16.6 Å². The van der Waals surface area contributed by atoms with Gasteiger partial charge >= 0.3 is 16.6 Å². The molecule has 2 nitrogen and oxygen atoms in total. The van der Waals surface area contributed by atoms with Gasteiger partial charge in [0.25, 0.3) is 0 Å². The fraction of sp³-hybridized carbons (Fsp3) is 1.00. The maximum atomic E-state index is 4.80. The van der Waals surface area contributed by atoms with Gasteiger partial charge in [0.15, 0.2) is 0 Å². The van der Waals surface area contributed by atoms with E-state index in [1.54, 1.807) is 7.11 Å². The summed E-state index contributed by atoms with van der Waals surface area (Å²) in [6.45, 7) is 1.48. The minimum atomic E-state index is 0. The molecule has 0 aromatic heterocycles. The van der Waals surface area contributed by atoms with Crippen molar-refractivity contribution in [2.45, 2.75) is 0 Å². The van der Waals surface area contributed by atoms with Gasteiger partial charge in [-0.3, -0.25) is 0 Å². The average Bonchev–Trinajstić information content (AvgIpc) is 1.61. The van der Waals surface area contributed by atoms with E-state index < -0.39 is 0 Å². The van der Waals surface area contributed by atoms with Crippen molar-refractivity contribution in [2.24, 2.45) is 0 Å². The van der Waals surface area contributed by atoms with Crippen LogP contribution in [0.2, 0.25) is 0 Å². The van der Waals surface area contributed by atoms with E-state index in [2.05, 4.69) is 4.74 Å². The molecule has 0 spiro atoms. The molecule has 0 N–H and O–H groups in total. The van der Waals surface area contributed by atoms with Crippen molar-refractivity contribution in [1.29, 1.82) is 0 Å². The van der Waals surface area contributed by atoms with Gasteiger partial charge in [-0.2, -0.15) is 0 Å². The summed E-state index contributed by atoms with van der Waals surface area (Å²) in [5, 5.41) is 0. The minimum absolute atomic E-state index is 0. The molecule has 0 rings (SSSR count). The summed E-state index contributed by atoms with van der Waals surface area (Å²) in [7, 11) is 1.67. The topological polar surface area (TPSA) is 18.5 Å². The smallest absolute Gasteiger partial charge is 0.410 e. The molecule has 3 heteroatoms. The predicted octanol–water partition coefficient (Wildman–Crippen LogP) is -0.310. The lowest BCUT2D eigenvalue weighted by Crippen LogP contribution is -1.97. The number of hydrogen-bond donors (Lipinski definition) is 0. The third kappa shape index (κ3) is 4.45. The molecular formula is C3H13AlO2. The van der Waals surface area contributed by atoms with Gasteiger partial charge in [-0.25, -0.2) is 0 Å². The van der Waals surface area contributed by atoms with Crippen molar-refractivity contribution in [3.8, 4) is 0 Å². The first-order valence-corrected chi connectivity index (χ1v) is 2.71. The van der Waals surface area contributed by atoms with E-state index in [1.807, 2.05) is 0 Å². The average molecular weight is 108 g/mol. The monoisotopic (exact) mass is 108 g/mol. The van der Waals surface area contributed by atoms with Gasteiger partial charge in [-0.05, 0) is 0 Å². The summed E-state index contributed by atoms with van der Waals surface area (Å²) in [4.78, 5) is 0. The van der Waals surface area contributed by atoms with E-state index in [-0.39, 0.29) is 2.85 Å². The van der Waals surface area contributed by atoms with Crippen LogP contribution in [0.3, 0.4) is 0 Å². The molecule has 0 atom stereocenters. The summed E-state index contributed by atoms with van der Waals surface area (Å²) >= 11 is 0.823. The molecule has 0 amide bonds. The van der Waals surface area contributed by atoms with Crippen LogP contribution in [0.25, 0.3) is 0 Å². The SMILES string of the molecule is COCC[O][AlH2].[HH].[HH]. The Morgan fingerprint density at radius 2 is 2.33 bits per heavy atom. The Morgan fingerprint density at radius 1 is 1.67 bits per heavy atom. The predicted molar refractivity (Wildman–Crippen MR) is 30.6 cm³/mol. The van der Waals surface area contributed by atoms with Crippen LogP contribution in [0.1, 0.15) is 2.85 Å². The van der Waals surface area contributed by atoms with Gasteiger partial charge in [-0.1, -0.05) is 0 Å². The third-order valence-corrected chi connectivity index (χ3v) is 0.900. The Kier molecular flexibility index (Phi) is 5.86. The molecule has 0 bridgehead atoms. The fourth-order valence-corrected chi connectivity index (χ4v) is 0.333. The number of hydrogen-bond acceptors (Lipinski definition) is 2. The van der Waals surface area contributed by atoms with E-state index in [0.717, 1.165) is 29.8 Å². The molecule has 0 aromatic carbocycles. The van der Waals surface area contributed by atoms with Crippen LogP contribution < -0.4 is 0 Å². The standard InChI is InChI=1S/C3H7O2.Al.2H2.2H/c1-5-3-2-4;;;;;/h2-3H2,1H3;;2*1H;;/q-1;+1;;;;. The molecule has 0 saturated heterocycles. The van der Waals surface area contributed by atoms with Gasteiger partial charge in [0.2, 0.25) is 0 Å². The molecule has 0 aliphatic carbocycles. The summed E-state index contributed by atoms with van der Waals surface area (Å²) in [5.74, 6) is 0. The van der Waals surface area contributed by atoms with Crippen LogP contribution >= 0.6 is 0 Å². The highest BCUT2D eigenvalue weighted by Crippen LogP contribution is 1.64. The van der Waals surface area contributed by atoms with Crippen molar-refractivity contribution in [2.75, 3.05) is 20.3 Å². The van der Waals surface area contributed by atoms with E-state index in [4.69, 9.17) is 3.79 Å². The molecule has 0 unspecified atom stereocenters. The lowest BCUT2D eigenvalue weighted by Gasteiger charge is -1.93. The third-order valence-electron chi connectivity index (χ3n) is 0.492. The quantitative estimate of drug-likeness (QED) is 0.364. The summed E-state index contributed by atoms with van der Waals surface area (Å²) in [6, 6.07) is 0. The number of ether oxygens (including phenoxy) is 1. The van der Waals surface area contributed by atoms with Gasteiger partial charge in [-0.15, -0.1) is 0 Å². The molecule has 0 aromatic rings. The molecule has 0 saturated carbocycles. The largest absolute Gasteiger partial charge is 0.504 e. The summed E-state index contributed by atoms with van der Waals surface area (Å²) < 4.78 is 9.48. The van der Waals surface area contributed by atoms with Gasteiger partial charge < -0.3 is 8.53 Å². The first-order chi connectivity index (χ1) is 2.91. The highest BCUT2D eigenvalue weighted by Gasteiger charge is 1.73. The Labute approximate surface area is 49.2 Å². The second-order valence-corrected chi connectivity index (χ2v) is 1.56. The van der Waals surface area contributed by atoms with Crippen LogP contribution in [-0.4, -0.2) is 36.9 Å². The lowest BCUT2D eigenvalue weighted by atomic mass is 10.8. The van der Waals surface area contributed by atoms with Gasteiger partial charge in [0.1, 0.15) is 0 Å². The molecule has 0 radical (unpaired) electrons. The number of rotatable bonds is 3. The molecule has 0 fully saturated rings. The maximum Gasteiger partial charge on any atom is 0.410 e. The lowest BCUT2D eigenvalue weighted by molar-refractivity contribution is 0.152. The van der Waals surface area contributed by atoms with Crippen LogP contribution in [0.4, 0.5) is 0 Å². The van der Waals surface area contributed by atoms with Crippen LogP contribution in [0.15, 0.2) is 0 Å². The van der Waals surface area contributed by atoms with Crippen LogP contribution in [-0.2, 0) is 8.53 Å². The Balaban J connectivity index is -0.000000125. The molecule has 40 valence electrons. The Hall–Kier alpha value is 0.452. The zero-order valence-corrected chi connectivity index (χ0v) is 6.23. The molecule has 0 heterocycles. The van der Waals surface area contributed by atoms with Crippen molar-refractivity contribution >= 4 is 16.6 Å². The Morgan fingerprint density at radius 3 is 2.50 bits per heavy atom. The second-order valence-electron chi connectivity index (χ2n) is 0.986. The molecule has 0 aliphatic heterocycles. The normalized spacial score (nSPS) is 8.83. The second kappa shape index (κ2) is 5.45. The van der Waals surface area contributed by atoms with Crippen LogP contribution in [0, 0.1) is 0 Å². The number of methoxy groups -OCH3 is 1. The maximum absolute atomic E-state index is 4.80. The van der Waals surface area contributed by atoms with Crippen molar-refractivity contribution in [3.63, 3.8) is 0 Å². The minimum Gasteiger partial charge on any atom is -0.504 e. The molecule has 0 aliphatic rings. The van der Waals surface area contributed by atoms with Crippen molar-refractivity contribution in [3.05, 3.63) is 0 Å². The van der Waals surface area contributed by atoms with E-state index in [9.17, 15) is 0 Å². The fourth-order valence-electron chi connectivity index (χ4n) is 0.167. The molecular weight excluding hydrogens is 95.0 g/mol. The highest BCUT2D eigenvalue weighted by atomic mass is 27.1. The van der Waals surface area contributed by atoms with E-state index >= 15 is 0 Å².